The normalized spacial score (nSPS) is 11.1. The van der Waals surface area contributed by atoms with Crippen LogP contribution >= 0.6 is 0 Å². The number of nitrogens with zero attached hydrogens (tertiary/aromatic N) is 2. The van der Waals surface area contributed by atoms with Crippen LogP contribution in [-0.4, -0.2) is 23.4 Å². The number of benzene rings is 1. The molecule has 2 aromatic rings. The van der Waals surface area contributed by atoms with Crippen LogP contribution in [0.25, 0.3) is 0 Å². The summed E-state index contributed by atoms with van der Waals surface area (Å²) in [5, 5.41) is 5.67. The number of rotatable bonds is 4. The standard InChI is InChI=1S/C16H19N5O/c1-11-6-12(2)8-14(7-11)21-16(17)19-10-15(22)20-13-4-3-5-18-9-13/h3-9H,10H2,1-2H3,(H,20,22)(H3,17,19,21). The molecule has 0 unspecified atom stereocenters. The second kappa shape index (κ2) is 7.21. The lowest BCUT2D eigenvalue weighted by molar-refractivity contribution is -0.114. The Kier molecular flexibility index (Phi) is 5.08. The van der Waals surface area contributed by atoms with E-state index >= 15 is 0 Å². The molecule has 1 amide bonds. The molecular formula is C16H19N5O. The summed E-state index contributed by atoms with van der Waals surface area (Å²) in [6.45, 7) is 3.96. The number of amides is 1. The van der Waals surface area contributed by atoms with E-state index in [4.69, 9.17) is 5.73 Å². The Bertz CT molecular complexity index is 662. The molecule has 6 nitrogen and oxygen atoms in total. The van der Waals surface area contributed by atoms with Crippen molar-refractivity contribution in [3.8, 4) is 0 Å². The third kappa shape index (κ3) is 4.90. The molecule has 4 N–H and O–H groups in total. The monoisotopic (exact) mass is 297 g/mol. The number of aliphatic imine (C=N–C) groups is 1. The van der Waals surface area contributed by atoms with E-state index in [1.54, 1.807) is 24.5 Å². The fraction of sp³-hybridized carbons (Fsp3) is 0.188. The van der Waals surface area contributed by atoms with Crippen molar-refractivity contribution in [1.82, 2.24) is 4.98 Å². The van der Waals surface area contributed by atoms with E-state index in [2.05, 4.69) is 26.7 Å². The van der Waals surface area contributed by atoms with Crippen molar-refractivity contribution in [2.24, 2.45) is 10.7 Å². The van der Waals surface area contributed by atoms with Gasteiger partial charge >= 0.3 is 0 Å². The van der Waals surface area contributed by atoms with Crippen LogP contribution in [0.4, 0.5) is 11.4 Å². The van der Waals surface area contributed by atoms with Gasteiger partial charge in [-0.2, -0.15) is 0 Å². The third-order valence-corrected chi connectivity index (χ3v) is 2.83. The largest absolute Gasteiger partial charge is 0.370 e. The Morgan fingerprint density at radius 3 is 2.55 bits per heavy atom. The van der Waals surface area contributed by atoms with Crippen molar-refractivity contribution in [2.75, 3.05) is 17.2 Å². The van der Waals surface area contributed by atoms with Crippen LogP contribution in [0.5, 0.6) is 0 Å². The molecule has 114 valence electrons. The van der Waals surface area contributed by atoms with E-state index in [1.165, 1.54) is 0 Å². The first-order valence-corrected chi connectivity index (χ1v) is 6.88. The third-order valence-electron chi connectivity index (χ3n) is 2.83. The quantitative estimate of drug-likeness (QED) is 0.595. The van der Waals surface area contributed by atoms with Gasteiger partial charge in [0.1, 0.15) is 6.54 Å². The van der Waals surface area contributed by atoms with Gasteiger partial charge in [0.15, 0.2) is 5.96 Å². The van der Waals surface area contributed by atoms with E-state index < -0.39 is 0 Å². The number of aryl methyl sites for hydroxylation is 2. The summed E-state index contributed by atoms with van der Waals surface area (Å²) >= 11 is 0. The molecule has 1 aromatic heterocycles. The highest BCUT2D eigenvalue weighted by atomic mass is 16.1. The smallest absolute Gasteiger partial charge is 0.246 e. The number of carbonyl (C=O) groups excluding carboxylic acids is 1. The first-order valence-electron chi connectivity index (χ1n) is 6.88. The topological polar surface area (TPSA) is 92.4 Å². The van der Waals surface area contributed by atoms with Gasteiger partial charge in [-0.25, -0.2) is 4.99 Å². The molecule has 0 atom stereocenters. The number of guanidine groups is 1. The van der Waals surface area contributed by atoms with Gasteiger partial charge in [-0.1, -0.05) is 6.07 Å². The molecule has 2 rings (SSSR count). The highest BCUT2D eigenvalue weighted by molar-refractivity contribution is 5.97. The van der Waals surface area contributed by atoms with E-state index in [9.17, 15) is 4.79 Å². The fourth-order valence-electron chi connectivity index (χ4n) is 2.03. The molecule has 0 aliphatic heterocycles. The van der Waals surface area contributed by atoms with E-state index in [1.807, 2.05) is 26.0 Å². The van der Waals surface area contributed by atoms with Crippen molar-refractivity contribution < 1.29 is 4.79 Å². The zero-order valence-electron chi connectivity index (χ0n) is 12.6. The number of anilines is 2. The number of carbonyl (C=O) groups is 1. The van der Waals surface area contributed by atoms with Gasteiger partial charge in [-0.3, -0.25) is 9.78 Å². The van der Waals surface area contributed by atoms with Crippen LogP contribution in [0.15, 0.2) is 47.7 Å². The number of hydrogen-bond acceptors (Lipinski definition) is 3. The average molecular weight is 297 g/mol. The number of nitrogens with one attached hydrogen (secondary N) is 2. The van der Waals surface area contributed by atoms with Crippen molar-refractivity contribution in [3.63, 3.8) is 0 Å². The van der Waals surface area contributed by atoms with E-state index in [-0.39, 0.29) is 18.4 Å². The maximum absolute atomic E-state index is 11.7. The first-order chi connectivity index (χ1) is 10.5. The minimum atomic E-state index is -0.252. The number of nitrogens with two attached hydrogens (primary N) is 1. The van der Waals surface area contributed by atoms with Crippen LogP contribution in [0.2, 0.25) is 0 Å². The molecule has 6 heteroatoms. The number of pyridine rings is 1. The van der Waals surface area contributed by atoms with Gasteiger partial charge in [-0.05, 0) is 49.2 Å². The molecule has 0 saturated carbocycles. The lowest BCUT2D eigenvalue weighted by Gasteiger charge is -2.08. The van der Waals surface area contributed by atoms with Crippen LogP contribution in [0.1, 0.15) is 11.1 Å². The van der Waals surface area contributed by atoms with Crippen molar-refractivity contribution in [3.05, 3.63) is 53.9 Å². The predicted octanol–water partition coefficient (Wildman–Crippen LogP) is 2.06. The zero-order valence-corrected chi connectivity index (χ0v) is 12.6. The van der Waals surface area contributed by atoms with Crippen LogP contribution in [0.3, 0.4) is 0 Å². The van der Waals surface area contributed by atoms with Gasteiger partial charge in [0.05, 0.1) is 11.9 Å². The predicted molar refractivity (Wildman–Crippen MR) is 88.9 cm³/mol. The highest BCUT2D eigenvalue weighted by Crippen LogP contribution is 2.13. The second-order valence-electron chi connectivity index (χ2n) is 4.99. The van der Waals surface area contributed by atoms with Crippen molar-refractivity contribution >= 4 is 23.2 Å². The lowest BCUT2D eigenvalue weighted by Crippen LogP contribution is -2.25. The summed E-state index contributed by atoms with van der Waals surface area (Å²) in [6.07, 6.45) is 3.21. The fourth-order valence-corrected chi connectivity index (χ4v) is 2.03. The summed E-state index contributed by atoms with van der Waals surface area (Å²) < 4.78 is 0. The average Bonchev–Trinajstić information content (AvgIpc) is 2.45. The Morgan fingerprint density at radius 2 is 1.91 bits per heavy atom. The minimum Gasteiger partial charge on any atom is -0.370 e. The molecule has 0 bridgehead atoms. The minimum absolute atomic E-state index is 0.0570. The second-order valence-corrected chi connectivity index (χ2v) is 4.99. The first kappa shape index (κ1) is 15.5. The van der Waals surface area contributed by atoms with Crippen molar-refractivity contribution in [1.29, 1.82) is 0 Å². The van der Waals surface area contributed by atoms with Crippen LogP contribution in [-0.2, 0) is 4.79 Å². The Morgan fingerprint density at radius 1 is 1.18 bits per heavy atom. The summed E-state index contributed by atoms with van der Waals surface area (Å²) in [6, 6.07) is 9.50. The van der Waals surface area contributed by atoms with Gasteiger partial charge in [-0.15, -0.1) is 0 Å². The van der Waals surface area contributed by atoms with E-state index in [0.717, 1.165) is 16.8 Å². The van der Waals surface area contributed by atoms with Gasteiger partial charge in [0.25, 0.3) is 0 Å². The van der Waals surface area contributed by atoms with Gasteiger partial charge in [0, 0.05) is 11.9 Å². The molecule has 0 aliphatic carbocycles. The molecule has 0 aliphatic rings. The maximum Gasteiger partial charge on any atom is 0.246 e. The molecule has 0 spiro atoms. The molecule has 1 aromatic carbocycles. The van der Waals surface area contributed by atoms with Crippen LogP contribution in [0, 0.1) is 13.8 Å². The molecule has 22 heavy (non-hydrogen) atoms. The summed E-state index contributed by atoms with van der Waals surface area (Å²) in [5.74, 6) is -0.0514. The highest BCUT2D eigenvalue weighted by Gasteiger charge is 2.02. The summed E-state index contributed by atoms with van der Waals surface area (Å²) in [5.41, 5.74) is 9.53. The lowest BCUT2D eigenvalue weighted by atomic mass is 10.1. The molecule has 1 heterocycles. The SMILES string of the molecule is Cc1cc(C)cc(NC(N)=NCC(=O)Nc2cccnc2)c1. The summed E-state index contributed by atoms with van der Waals surface area (Å²) in [7, 11) is 0. The van der Waals surface area contributed by atoms with Crippen LogP contribution < -0.4 is 16.4 Å². The van der Waals surface area contributed by atoms with Crippen molar-refractivity contribution in [2.45, 2.75) is 13.8 Å². The molecular weight excluding hydrogens is 278 g/mol. The van der Waals surface area contributed by atoms with E-state index in [0.29, 0.717) is 5.69 Å². The Balaban J connectivity index is 1.90. The molecule has 0 fully saturated rings. The Hall–Kier alpha value is -2.89. The number of aromatic nitrogens is 1. The number of hydrogen-bond donors (Lipinski definition) is 3. The Labute approximate surface area is 129 Å². The maximum atomic E-state index is 11.7. The zero-order chi connectivity index (χ0) is 15.9. The molecule has 0 saturated heterocycles. The van der Waals surface area contributed by atoms with Gasteiger partial charge < -0.3 is 16.4 Å². The molecule has 0 radical (unpaired) electrons. The summed E-state index contributed by atoms with van der Waals surface area (Å²) in [4.78, 5) is 19.7. The van der Waals surface area contributed by atoms with Gasteiger partial charge in [0.2, 0.25) is 5.91 Å².